The van der Waals surface area contributed by atoms with Crippen LogP contribution < -0.4 is 0 Å². The molecule has 3 atom stereocenters. The van der Waals surface area contributed by atoms with E-state index in [-0.39, 0.29) is 17.3 Å². The van der Waals surface area contributed by atoms with Gasteiger partial charge in [0.25, 0.3) is 0 Å². The Kier molecular flexibility index (Phi) is 6.08. The van der Waals surface area contributed by atoms with Crippen LogP contribution in [0.1, 0.15) is 27.7 Å². The third-order valence-corrected chi connectivity index (χ3v) is 4.09. The molecule has 0 aromatic rings. The average molecular weight is 246 g/mol. The van der Waals surface area contributed by atoms with E-state index in [1.807, 2.05) is 33.1 Å². The molecule has 1 nitrogen and oxygen atoms in total. The molecule has 0 aromatic carbocycles. The Morgan fingerprint density at radius 2 is 1.93 bits per heavy atom. The third-order valence-electron chi connectivity index (χ3n) is 2.64. The predicted octanol–water partition coefficient (Wildman–Crippen LogP) is 3.52. The van der Waals surface area contributed by atoms with E-state index in [4.69, 9.17) is 12.2 Å². The van der Waals surface area contributed by atoms with Crippen LogP contribution in [-0.2, 0) is 0 Å². The van der Waals surface area contributed by atoms with Crippen molar-refractivity contribution >= 4 is 28.2 Å². The van der Waals surface area contributed by atoms with Crippen LogP contribution in [0.25, 0.3) is 0 Å². The van der Waals surface area contributed by atoms with Crippen LogP contribution in [0.2, 0.25) is 0 Å². The first-order valence-electron chi connectivity index (χ1n) is 5.14. The van der Waals surface area contributed by atoms with Crippen molar-refractivity contribution < 1.29 is 5.11 Å². The van der Waals surface area contributed by atoms with Crippen molar-refractivity contribution in [2.45, 2.75) is 33.8 Å². The Hall–Kier alpha value is 0.140. The fourth-order valence-corrected chi connectivity index (χ4v) is 2.41. The van der Waals surface area contributed by atoms with Gasteiger partial charge in [-0.2, -0.15) is 0 Å². The van der Waals surface area contributed by atoms with Crippen molar-refractivity contribution in [1.82, 2.24) is 0 Å². The molecule has 1 N–H and O–H groups in total. The molecule has 0 fully saturated rings. The topological polar surface area (TPSA) is 20.2 Å². The zero-order chi connectivity index (χ0) is 12.2. The summed E-state index contributed by atoms with van der Waals surface area (Å²) < 4.78 is 0.866. The van der Waals surface area contributed by atoms with Crippen LogP contribution >= 0.6 is 24.0 Å². The zero-order valence-electron chi connectivity index (χ0n) is 10.3. The maximum atomic E-state index is 10.3. The smallest absolute Gasteiger partial charge is 0.0675 e. The lowest BCUT2D eigenvalue weighted by molar-refractivity contribution is 0.0256. The van der Waals surface area contributed by atoms with Crippen LogP contribution in [0, 0.1) is 17.3 Å². The highest BCUT2D eigenvalue weighted by Crippen LogP contribution is 2.33. The van der Waals surface area contributed by atoms with Crippen molar-refractivity contribution in [3.63, 3.8) is 0 Å². The number of aliphatic hydroxyl groups excluding tert-OH is 1. The summed E-state index contributed by atoms with van der Waals surface area (Å²) in [7, 11) is 0. The van der Waals surface area contributed by atoms with Gasteiger partial charge in [-0.05, 0) is 17.6 Å². The Bertz CT molecular complexity index is 230. The van der Waals surface area contributed by atoms with Gasteiger partial charge in [0, 0.05) is 5.92 Å². The molecule has 0 aliphatic heterocycles. The number of hydrogen-bond donors (Lipinski definition) is 1. The van der Waals surface area contributed by atoms with E-state index in [1.165, 1.54) is 0 Å². The number of thioether (sulfide) groups is 1. The normalized spacial score (nSPS) is 18.0. The SMILES string of the molecule is C=C[C@H](C)[C@@H](C(=S)SC)[C@H](O)C(C)(C)C. The van der Waals surface area contributed by atoms with Crippen molar-refractivity contribution in [2.24, 2.45) is 17.3 Å². The monoisotopic (exact) mass is 246 g/mol. The van der Waals surface area contributed by atoms with E-state index >= 15 is 0 Å². The molecule has 0 heterocycles. The van der Waals surface area contributed by atoms with Gasteiger partial charge in [-0.15, -0.1) is 18.3 Å². The van der Waals surface area contributed by atoms with Gasteiger partial charge in [0.15, 0.2) is 0 Å². The summed E-state index contributed by atoms with van der Waals surface area (Å²) in [6, 6.07) is 0. The van der Waals surface area contributed by atoms with Crippen molar-refractivity contribution in [3.8, 4) is 0 Å². The molecular weight excluding hydrogens is 224 g/mol. The summed E-state index contributed by atoms with van der Waals surface area (Å²) >= 11 is 6.86. The summed E-state index contributed by atoms with van der Waals surface area (Å²) in [6.07, 6.45) is 3.40. The number of aliphatic hydroxyl groups is 1. The maximum absolute atomic E-state index is 10.3. The molecule has 0 aliphatic rings. The third kappa shape index (κ3) is 4.25. The van der Waals surface area contributed by atoms with Gasteiger partial charge in [-0.1, -0.05) is 46.0 Å². The number of thiocarbonyl (C=S) groups is 1. The minimum Gasteiger partial charge on any atom is -0.392 e. The lowest BCUT2D eigenvalue weighted by Crippen LogP contribution is -2.39. The molecule has 0 bridgehead atoms. The highest BCUT2D eigenvalue weighted by Gasteiger charge is 2.35. The van der Waals surface area contributed by atoms with Gasteiger partial charge in [0.2, 0.25) is 0 Å². The maximum Gasteiger partial charge on any atom is 0.0675 e. The summed E-state index contributed by atoms with van der Waals surface area (Å²) in [5.41, 5.74) is -0.151. The molecule has 3 heteroatoms. The van der Waals surface area contributed by atoms with Crippen molar-refractivity contribution in [3.05, 3.63) is 12.7 Å². The molecule has 0 saturated carbocycles. The highest BCUT2D eigenvalue weighted by atomic mass is 32.2. The lowest BCUT2D eigenvalue weighted by Gasteiger charge is -2.35. The summed E-state index contributed by atoms with van der Waals surface area (Å²) in [4.78, 5) is 0. The molecule has 0 radical (unpaired) electrons. The van der Waals surface area contributed by atoms with Gasteiger partial charge in [0.05, 0.1) is 10.3 Å². The second kappa shape index (κ2) is 6.02. The molecule has 0 saturated heterocycles. The Morgan fingerprint density at radius 1 is 1.47 bits per heavy atom. The second-order valence-electron chi connectivity index (χ2n) is 4.95. The van der Waals surface area contributed by atoms with Crippen LogP contribution in [0.3, 0.4) is 0 Å². The first-order chi connectivity index (χ1) is 6.75. The van der Waals surface area contributed by atoms with E-state index in [0.717, 1.165) is 4.20 Å². The minimum atomic E-state index is -0.426. The minimum absolute atomic E-state index is 0.00694. The lowest BCUT2D eigenvalue weighted by atomic mass is 9.77. The van der Waals surface area contributed by atoms with Crippen LogP contribution in [0.15, 0.2) is 12.7 Å². The van der Waals surface area contributed by atoms with Crippen LogP contribution in [0.4, 0.5) is 0 Å². The van der Waals surface area contributed by atoms with Gasteiger partial charge in [0.1, 0.15) is 0 Å². The fourth-order valence-electron chi connectivity index (χ4n) is 1.45. The summed E-state index contributed by atoms with van der Waals surface area (Å²) in [5.74, 6) is 0.215. The van der Waals surface area contributed by atoms with E-state index < -0.39 is 6.10 Å². The summed E-state index contributed by atoms with van der Waals surface area (Å²) in [6.45, 7) is 11.9. The van der Waals surface area contributed by atoms with Crippen LogP contribution in [0.5, 0.6) is 0 Å². The second-order valence-corrected chi connectivity index (χ2v) is 6.50. The Labute approximate surface area is 103 Å². The average Bonchev–Trinajstić information content (AvgIpc) is 2.15. The molecule has 0 spiro atoms. The molecule has 0 amide bonds. The molecule has 15 heavy (non-hydrogen) atoms. The number of hydrogen-bond acceptors (Lipinski definition) is 3. The first-order valence-corrected chi connectivity index (χ1v) is 6.77. The quantitative estimate of drug-likeness (QED) is 0.605. The standard InChI is InChI=1S/C12H22OS2/c1-7-8(2)9(11(14)15-6)10(13)12(3,4)5/h7-10,13H,1H2,2-6H3/t8-,9+,10-/m0/s1. The van der Waals surface area contributed by atoms with Gasteiger partial charge < -0.3 is 5.11 Å². The van der Waals surface area contributed by atoms with Gasteiger partial charge >= 0.3 is 0 Å². The van der Waals surface area contributed by atoms with Gasteiger partial charge in [-0.25, -0.2) is 0 Å². The fraction of sp³-hybridized carbons (Fsp3) is 0.750. The number of rotatable bonds is 4. The largest absolute Gasteiger partial charge is 0.392 e. The molecule has 88 valence electrons. The van der Waals surface area contributed by atoms with E-state index in [0.29, 0.717) is 0 Å². The molecule has 0 aliphatic carbocycles. The van der Waals surface area contributed by atoms with E-state index in [2.05, 4.69) is 13.5 Å². The van der Waals surface area contributed by atoms with Crippen molar-refractivity contribution in [2.75, 3.05) is 6.26 Å². The molecular formula is C12H22OS2. The molecule has 0 rings (SSSR count). The highest BCUT2D eigenvalue weighted by molar-refractivity contribution is 8.22. The summed E-state index contributed by atoms with van der Waals surface area (Å²) in [5, 5.41) is 10.3. The number of allylic oxidation sites excluding steroid dienone is 1. The van der Waals surface area contributed by atoms with E-state index in [9.17, 15) is 5.11 Å². The Morgan fingerprint density at radius 3 is 2.20 bits per heavy atom. The molecule has 0 unspecified atom stereocenters. The predicted molar refractivity (Wildman–Crippen MR) is 74.4 cm³/mol. The first kappa shape index (κ1) is 15.1. The van der Waals surface area contributed by atoms with Gasteiger partial charge in [-0.3, -0.25) is 0 Å². The zero-order valence-corrected chi connectivity index (χ0v) is 11.9. The van der Waals surface area contributed by atoms with Crippen LogP contribution in [-0.4, -0.2) is 21.7 Å². The Balaban J connectivity index is 4.94. The van der Waals surface area contributed by atoms with Crippen molar-refractivity contribution in [1.29, 1.82) is 0 Å². The molecule has 0 aromatic heterocycles. The van der Waals surface area contributed by atoms with E-state index in [1.54, 1.807) is 11.8 Å².